The Morgan fingerprint density at radius 2 is 2.00 bits per heavy atom. The van der Waals surface area contributed by atoms with Gasteiger partial charge in [0.15, 0.2) is 5.78 Å². The number of ether oxygens (including phenoxy) is 3. The zero-order valence-electron chi connectivity index (χ0n) is 19.0. The van der Waals surface area contributed by atoms with E-state index >= 15 is 0 Å². The summed E-state index contributed by atoms with van der Waals surface area (Å²) in [7, 11) is 1.52. The van der Waals surface area contributed by atoms with Crippen LogP contribution in [0.25, 0.3) is 6.08 Å². The molecule has 6 heteroatoms. The Kier molecular flexibility index (Phi) is 5.41. The maximum Gasteiger partial charge on any atom is 0.174 e. The lowest BCUT2D eigenvalue weighted by atomic mass is 9.88. The molecule has 168 valence electrons. The van der Waals surface area contributed by atoms with Crippen molar-refractivity contribution in [2.45, 2.75) is 52.2 Å². The van der Waals surface area contributed by atoms with Crippen LogP contribution in [0.15, 0.2) is 35.9 Å². The van der Waals surface area contributed by atoms with E-state index in [0.29, 0.717) is 40.4 Å². The second kappa shape index (κ2) is 7.93. The van der Waals surface area contributed by atoms with Crippen molar-refractivity contribution >= 4 is 11.9 Å². The van der Waals surface area contributed by atoms with Gasteiger partial charge in [0.05, 0.1) is 19.1 Å². The molecule has 0 bridgehead atoms. The van der Waals surface area contributed by atoms with Gasteiger partial charge in [-0.3, -0.25) is 4.79 Å². The summed E-state index contributed by atoms with van der Waals surface area (Å²) in [6.07, 6.45) is 5.47. The molecule has 0 spiro atoms. The van der Waals surface area contributed by atoms with E-state index in [4.69, 9.17) is 14.2 Å². The highest BCUT2D eigenvalue weighted by molar-refractivity contribution is 6.05. The normalized spacial score (nSPS) is 18.2. The van der Waals surface area contributed by atoms with E-state index in [1.165, 1.54) is 13.2 Å². The van der Waals surface area contributed by atoms with Crippen LogP contribution in [0.1, 0.15) is 67.3 Å². The van der Waals surface area contributed by atoms with Crippen molar-refractivity contribution in [1.29, 1.82) is 0 Å². The molecule has 0 aromatic heterocycles. The van der Waals surface area contributed by atoms with Crippen molar-refractivity contribution in [3.05, 3.63) is 58.2 Å². The number of hydrogen-bond donors (Lipinski definition) is 2. The number of carbonyl (C=O) groups is 1. The van der Waals surface area contributed by atoms with E-state index in [1.54, 1.807) is 18.2 Å². The molecule has 0 aliphatic carbocycles. The first-order chi connectivity index (χ1) is 15.1. The molecular formula is C26H28O6. The second-order valence-corrected chi connectivity index (χ2v) is 8.96. The lowest BCUT2D eigenvalue weighted by molar-refractivity contribution is 0.0836. The predicted octanol–water partition coefficient (Wildman–Crippen LogP) is 5.51. The second-order valence-electron chi connectivity index (χ2n) is 8.96. The number of carbonyl (C=O) groups excluding carboxylic acids is 1. The lowest BCUT2D eigenvalue weighted by Crippen LogP contribution is -2.29. The standard InChI is InChI=1S/C26H28O6/c1-14(2)6-8-18-24-17(10-11-26(3,4)32-24)23(29)22-20(28)13-21(31-25(18)22)16-9-7-15(30-5)12-19(16)27/h6-7,9-12,21,27,29H,8,13H2,1-5H3/t21-/m0/s1. The van der Waals surface area contributed by atoms with E-state index < -0.39 is 11.7 Å². The summed E-state index contributed by atoms with van der Waals surface area (Å²) in [6.45, 7) is 7.85. The molecule has 32 heavy (non-hydrogen) atoms. The van der Waals surface area contributed by atoms with E-state index in [1.807, 2.05) is 39.8 Å². The molecular weight excluding hydrogens is 408 g/mol. The van der Waals surface area contributed by atoms with Crippen LogP contribution in [-0.4, -0.2) is 28.7 Å². The number of hydrogen-bond acceptors (Lipinski definition) is 6. The van der Waals surface area contributed by atoms with Crippen molar-refractivity contribution in [3.8, 4) is 28.7 Å². The van der Waals surface area contributed by atoms with Gasteiger partial charge >= 0.3 is 0 Å². The van der Waals surface area contributed by atoms with Crippen molar-refractivity contribution in [3.63, 3.8) is 0 Å². The number of Topliss-reactive ketones (excluding diaryl/α,β-unsaturated/α-hetero) is 1. The number of allylic oxidation sites excluding steroid dienone is 2. The third-order valence-corrected chi connectivity index (χ3v) is 5.74. The Balaban J connectivity index is 1.88. The fourth-order valence-corrected chi connectivity index (χ4v) is 4.05. The first-order valence-corrected chi connectivity index (χ1v) is 10.6. The molecule has 1 atom stereocenters. The zero-order chi connectivity index (χ0) is 23.2. The Morgan fingerprint density at radius 1 is 1.25 bits per heavy atom. The van der Waals surface area contributed by atoms with Gasteiger partial charge in [-0.15, -0.1) is 0 Å². The number of methoxy groups -OCH3 is 1. The summed E-state index contributed by atoms with van der Waals surface area (Å²) in [5, 5.41) is 21.5. The van der Waals surface area contributed by atoms with Gasteiger partial charge in [0.25, 0.3) is 0 Å². The fourth-order valence-electron chi connectivity index (χ4n) is 4.05. The quantitative estimate of drug-likeness (QED) is 0.615. The Bertz CT molecular complexity index is 1150. The van der Waals surface area contributed by atoms with Crippen molar-refractivity contribution < 1.29 is 29.2 Å². The molecule has 2 heterocycles. The van der Waals surface area contributed by atoms with Gasteiger partial charge in [-0.2, -0.15) is 0 Å². The SMILES string of the molecule is COc1ccc([C@@H]2CC(=O)c3c(O)c4c(c(CC=C(C)C)c3O2)OC(C)(C)C=C4)c(O)c1. The molecule has 0 unspecified atom stereocenters. The third kappa shape index (κ3) is 3.81. The van der Waals surface area contributed by atoms with Gasteiger partial charge in [-0.1, -0.05) is 11.6 Å². The molecule has 2 aromatic carbocycles. The van der Waals surface area contributed by atoms with Crippen molar-refractivity contribution in [1.82, 2.24) is 0 Å². The molecule has 6 nitrogen and oxygen atoms in total. The Labute approximate surface area is 187 Å². The van der Waals surface area contributed by atoms with Crippen LogP contribution in [0.4, 0.5) is 0 Å². The Hall–Kier alpha value is -3.41. The number of phenolic OH excluding ortho intramolecular Hbond substituents is 2. The topological polar surface area (TPSA) is 85.2 Å². The smallest absolute Gasteiger partial charge is 0.174 e. The summed E-state index contributed by atoms with van der Waals surface area (Å²) in [4.78, 5) is 13.2. The number of aromatic hydroxyl groups is 2. The van der Waals surface area contributed by atoms with Gasteiger partial charge in [-0.25, -0.2) is 0 Å². The van der Waals surface area contributed by atoms with E-state index in [2.05, 4.69) is 0 Å². The molecule has 2 aromatic rings. The molecule has 2 aliphatic rings. The third-order valence-electron chi connectivity index (χ3n) is 5.74. The summed E-state index contributed by atoms with van der Waals surface area (Å²) in [6, 6.07) is 4.89. The average Bonchev–Trinajstić information content (AvgIpc) is 2.72. The van der Waals surface area contributed by atoms with Crippen LogP contribution < -0.4 is 14.2 Å². The minimum Gasteiger partial charge on any atom is -0.507 e. The molecule has 4 rings (SSSR count). The number of fused-ring (bicyclic) bond motifs is 2. The van der Waals surface area contributed by atoms with Crippen molar-refractivity contribution in [2.24, 2.45) is 0 Å². The largest absolute Gasteiger partial charge is 0.507 e. The first kappa shape index (κ1) is 21.8. The average molecular weight is 437 g/mol. The van der Waals surface area contributed by atoms with E-state index in [-0.39, 0.29) is 29.3 Å². The zero-order valence-corrected chi connectivity index (χ0v) is 19.0. The van der Waals surface area contributed by atoms with Crippen LogP contribution in [-0.2, 0) is 6.42 Å². The minimum absolute atomic E-state index is 0.00259. The molecule has 0 fully saturated rings. The maximum atomic E-state index is 13.2. The summed E-state index contributed by atoms with van der Waals surface area (Å²) in [5.41, 5.74) is 2.38. The molecule has 2 N–H and O–H groups in total. The maximum absolute atomic E-state index is 13.2. The van der Waals surface area contributed by atoms with Gasteiger partial charge in [0.1, 0.15) is 46.0 Å². The highest BCUT2D eigenvalue weighted by Gasteiger charge is 2.38. The molecule has 0 saturated carbocycles. The monoisotopic (exact) mass is 436 g/mol. The first-order valence-electron chi connectivity index (χ1n) is 10.6. The molecule has 0 amide bonds. The van der Waals surface area contributed by atoms with Crippen LogP contribution in [0, 0.1) is 0 Å². The molecule has 0 saturated heterocycles. The predicted molar refractivity (Wildman–Crippen MR) is 122 cm³/mol. The summed E-state index contributed by atoms with van der Waals surface area (Å²) in [5.74, 6) is 0.930. The number of ketones is 1. The van der Waals surface area contributed by atoms with E-state index in [0.717, 1.165) is 5.57 Å². The fraction of sp³-hybridized carbons (Fsp3) is 0.346. The van der Waals surface area contributed by atoms with Crippen LogP contribution in [0.5, 0.6) is 28.7 Å². The van der Waals surface area contributed by atoms with Gasteiger partial charge < -0.3 is 24.4 Å². The summed E-state index contributed by atoms with van der Waals surface area (Å²) < 4.78 is 17.7. The van der Waals surface area contributed by atoms with Gasteiger partial charge in [0, 0.05) is 17.2 Å². The van der Waals surface area contributed by atoms with Crippen LogP contribution >= 0.6 is 0 Å². The summed E-state index contributed by atoms with van der Waals surface area (Å²) >= 11 is 0. The molecule has 2 aliphatic heterocycles. The van der Waals surface area contributed by atoms with Crippen LogP contribution in [0.2, 0.25) is 0 Å². The van der Waals surface area contributed by atoms with Gasteiger partial charge in [-0.05, 0) is 58.4 Å². The minimum atomic E-state index is -0.698. The molecule has 0 radical (unpaired) electrons. The highest BCUT2D eigenvalue weighted by Crippen LogP contribution is 2.51. The van der Waals surface area contributed by atoms with E-state index in [9.17, 15) is 15.0 Å². The van der Waals surface area contributed by atoms with Crippen LogP contribution in [0.3, 0.4) is 0 Å². The number of rotatable bonds is 4. The van der Waals surface area contributed by atoms with Gasteiger partial charge in [0.2, 0.25) is 0 Å². The number of benzene rings is 2. The lowest BCUT2D eigenvalue weighted by Gasteiger charge is -2.34. The van der Waals surface area contributed by atoms with Crippen molar-refractivity contribution in [2.75, 3.05) is 7.11 Å². The number of phenols is 2. The highest BCUT2D eigenvalue weighted by atomic mass is 16.5. The Morgan fingerprint density at radius 3 is 2.66 bits per heavy atom.